The van der Waals surface area contributed by atoms with E-state index < -0.39 is 22.0 Å². The smallest absolute Gasteiger partial charge is 0.241 e. The monoisotopic (exact) mass is 366 g/mol. The molecule has 2 rings (SSSR count). The highest BCUT2D eigenvalue weighted by atomic mass is 35.5. The first kappa shape index (κ1) is 18.4. The van der Waals surface area contributed by atoms with E-state index in [1.807, 2.05) is 13.0 Å². The maximum Gasteiger partial charge on any atom is 0.241 e. The van der Waals surface area contributed by atoms with Gasteiger partial charge in [-0.2, -0.15) is 4.72 Å². The first-order valence-electron chi connectivity index (χ1n) is 7.40. The van der Waals surface area contributed by atoms with Crippen LogP contribution in [0.4, 0.5) is 0 Å². The van der Waals surface area contributed by atoms with E-state index in [9.17, 15) is 13.2 Å². The van der Waals surface area contributed by atoms with Gasteiger partial charge < -0.3 is 5.32 Å². The minimum Gasteiger partial charge on any atom is -0.351 e. The molecule has 0 bridgehead atoms. The van der Waals surface area contributed by atoms with Gasteiger partial charge in [0.2, 0.25) is 15.9 Å². The molecule has 2 aromatic rings. The van der Waals surface area contributed by atoms with Crippen LogP contribution in [0.1, 0.15) is 18.1 Å². The van der Waals surface area contributed by atoms with Crippen LogP contribution in [0.3, 0.4) is 0 Å². The molecule has 0 spiro atoms. The molecular formula is C17H19ClN2O3S. The van der Waals surface area contributed by atoms with Crippen LogP contribution >= 0.6 is 11.6 Å². The van der Waals surface area contributed by atoms with Crippen molar-refractivity contribution in [3.05, 3.63) is 64.7 Å². The van der Waals surface area contributed by atoms with Gasteiger partial charge in [0, 0.05) is 11.6 Å². The lowest BCUT2D eigenvalue weighted by atomic mass is 10.2. The van der Waals surface area contributed by atoms with Crippen molar-refractivity contribution in [1.82, 2.24) is 10.0 Å². The van der Waals surface area contributed by atoms with Gasteiger partial charge in [-0.25, -0.2) is 8.42 Å². The van der Waals surface area contributed by atoms with Crippen molar-refractivity contribution in [3.63, 3.8) is 0 Å². The van der Waals surface area contributed by atoms with E-state index in [0.29, 0.717) is 5.02 Å². The number of carbonyl (C=O) groups excluding carboxylic acids is 1. The van der Waals surface area contributed by atoms with Crippen molar-refractivity contribution in [2.75, 3.05) is 0 Å². The average molecular weight is 367 g/mol. The van der Waals surface area contributed by atoms with Crippen LogP contribution in [0.25, 0.3) is 0 Å². The molecule has 2 aromatic carbocycles. The zero-order valence-electron chi connectivity index (χ0n) is 13.4. The molecule has 7 heteroatoms. The molecule has 2 N–H and O–H groups in total. The molecule has 128 valence electrons. The van der Waals surface area contributed by atoms with Crippen LogP contribution in [-0.2, 0) is 21.4 Å². The quantitative estimate of drug-likeness (QED) is 0.825. The van der Waals surface area contributed by atoms with Gasteiger partial charge in [-0.15, -0.1) is 0 Å². The van der Waals surface area contributed by atoms with Crippen molar-refractivity contribution >= 4 is 27.5 Å². The fraction of sp³-hybridized carbons (Fsp3) is 0.235. The van der Waals surface area contributed by atoms with Gasteiger partial charge in [-0.3, -0.25) is 4.79 Å². The Bertz CT molecular complexity index is 820. The molecule has 0 aromatic heterocycles. The minimum atomic E-state index is -3.75. The number of carbonyl (C=O) groups is 1. The van der Waals surface area contributed by atoms with Gasteiger partial charge in [0.25, 0.3) is 0 Å². The van der Waals surface area contributed by atoms with Crippen LogP contribution < -0.4 is 10.0 Å². The third-order valence-corrected chi connectivity index (χ3v) is 5.39. The van der Waals surface area contributed by atoms with Crippen molar-refractivity contribution < 1.29 is 13.2 Å². The van der Waals surface area contributed by atoms with E-state index in [0.717, 1.165) is 11.1 Å². The van der Waals surface area contributed by atoms with Crippen molar-refractivity contribution in [1.29, 1.82) is 0 Å². The van der Waals surface area contributed by atoms with E-state index in [1.54, 1.807) is 30.3 Å². The number of sulfonamides is 1. The van der Waals surface area contributed by atoms with Crippen molar-refractivity contribution in [3.8, 4) is 0 Å². The van der Waals surface area contributed by atoms with Crippen LogP contribution in [0.2, 0.25) is 5.02 Å². The molecule has 5 nitrogen and oxygen atoms in total. The van der Waals surface area contributed by atoms with Gasteiger partial charge in [0.1, 0.15) is 0 Å². The molecule has 1 atom stereocenters. The molecule has 0 saturated carbocycles. The number of aryl methyl sites for hydroxylation is 1. The number of hydrogen-bond acceptors (Lipinski definition) is 3. The Kier molecular flexibility index (Phi) is 5.99. The Morgan fingerprint density at radius 1 is 1.12 bits per heavy atom. The summed E-state index contributed by atoms with van der Waals surface area (Å²) in [6.45, 7) is 3.59. The highest BCUT2D eigenvalue weighted by Crippen LogP contribution is 2.14. The number of hydrogen-bond donors (Lipinski definition) is 2. The first-order valence-corrected chi connectivity index (χ1v) is 9.26. The predicted molar refractivity (Wildman–Crippen MR) is 94.3 cm³/mol. The standard InChI is InChI=1S/C17H19ClN2O3S/c1-12-7-9-15(10-8-12)24(22,23)20-13(2)17(21)19-11-14-5-3-4-6-16(14)18/h3-10,13,20H,11H2,1-2H3,(H,19,21)/t13-/m1/s1. The zero-order valence-corrected chi connectivity index (χ0v) is 15.0. The Morgan fingerprint density at radius 3 is 2.38 bits per heavy atom. The molecule has 0 saturated heterocycles. The number of nitrogens with one attached hydrogen (secondary N) is 2. The highest BCUT2D eigenvalue weighted by molar-refractivity contribution is 7.89. The lowest BCUT2D eigenvalue weighted by molar-refractivity contribution is -0.122. The molecule has 1 amide bonds. The highest BCUT2D eigenvalue weighted by Gasteiger charge is 2.21. The normalized spacial score (nSPS) is 12.6. The molecule has 24 heavy (non-hydrogen) atoms. The summed E-state index contributed by atoms with van der Waals surface area (Å²) in [7, 11) is -3.75. The second-order valence-corrected chi connectivity index (χ2v) is 7.59. The number of rotatable bonds is 6. The van der Waals surface area contributed by atoms with E-state index in [4.69, 9.17) is 11.6 Å². The van der Waals surface area contributed by atoms with Gasteiger partial charge in [-0.05, 0) is 37.6 Å². The lowest BCUT2D eigenvalue weighted by Gasteiger charge is -2.15. The van der Waals surface area contributed by atoms with Crippen LogP contribution in [0.15, 0.2) is 53.4 Å². The molecule has 0 fully saturated rings. The number of benzene rings is 2. The lowest BCUT2D eigenvalue weighted by Crippen LogP contribution is -2.44. The van der Waals surface area contributed by atoms with Crippen LogP contribution in [-0.4, -0.2) is 20.4 Å². The second-order valence-electron chi connectivity index (χ2n) is 5.47. The molecule has 0 aliphatic carbocycles. The third kappa shape index (κ3) is 4.80. The first-order chi connectivity index (χ1) is 11.3. The Morgan fingerprint density at radius 2 is 1.75 bits per heavy atom. The van der Waals surface area contributed by atoms with E-state index in [-0.39, 0.29) is 11.4 Å². The number of halogens is 1. The summed E-state index contributed by atoms with van der Waals surface area (Å²) in [5.74, 6) is -0.425. The van der Waals surface area contributed by atoms with Gasteiger partial charge >= 0.3 is 0 Å². The maximum atomic E-state index is 12.3. The average Bonchev–Trinajstić information content (AvgIpc) is 2.53. The molecule has 0 unspecified atom stereocenters. The van der Waals surface area contributed by atoms with E-state index in [1.165, 1.54) is 19.1 Å². The predicted octanol–water partition coefficient (Wildman–Crippen LogP) is 2.63. The largest absolute Gasteiger partial charge is 0.351 e. The minimum absolute atomic E-state index is 0.124. The number of amides is 1. The Labute approximate surface area is 147 Å². The Balaban J connectivity index is 1.98. The fourth-order valence-electron chi connectivity index (χ4n) is 2.05. The summed E-state index contributed by atoms with van der Waals surface area (Å²) in [6.07, 6.45) is 0. The SMILES string of the molecule is Cc1ccc(S(=O)(=O)N[C@H](C)C(=O)NCc2ccccc2Cl)cc1. The van der Waals surface area contributed by atoms with E-state index >= 15 is 0 Å². The zero-order chi connectivity index (χ0) is 17.7. The third-order valence-electron chi connectivity index (χ3n) is 3.47. The Hall–Kier alpha value is -1.89. The molecule has 0 aliphatic rings. The summed E-state index contributed by atoms with van der Waals surface area (Å²) in [5, 5.41) is 3.22. The molecule has 0 heterocycles. The molecule has 0 aliphatic heterocycles. The second kappa shape index (κ2) is 7.79. The molecule has 0 radical (unpaired) electrons. The van der Waals surface area contributed by atoms with Gasteiger partial charge in [0.15, 0.2) is 0 Å². The van der Waals surface area contributed by atoms with Crippen LogP contribution in [0, 0.1) is 6.92 Å². The fourth-order valence-corrected chi connectivity index (χ4v) is 3.45. The van der Waals surface area contributed by atoms with Crippen molar-refractivity contribution in [2.24, 2.45) is 0 Å². The topological polar surface area (TPSA) is 75.3 Å². The molecular weight excluding hydrogens is 348 g/mol. The summed E-state index contributed by atoms with van der Waals surface area (Å²) in [4.78, 5) is 12.2. The van der Waals surface area contributed by atoms with Crippen molar-refractivity contribution in [2.45, 2.75) is 31.3 Å². The van der Waals surface area contributed by atoms with Crippen LogP contribution in [0.5, 0.6) is 0 Å². The summed E-state index contributed by atoms with van der Waals surface area (Å²) in [6, 6.07) is 12.7. The summed E-state index contributed by atoms with van der Waals surface area (Å²) >= 11 is 6.02. The van der Waals surface area contributed by atoms with E-state index in [2.05, 4.69) is 10.0 Å². The maximum absolute atomic E-state index is 12.3. The summed E-state index contributed by atoms with van der Waals surface area (Å²) < 4.78 is 26.9. The summed E-state index contributed by atoms with van der Waals surface area (Å²) in [5.41, 5.74) is 1.72. The van der Waals surface area contributed by atoms with Gasteiger partial charge in [0.05, 0.1) is 10.9 Å². The van der Waals surface area contributed by atoms with Gasteiger partial charge in [-0.1, -0.05) is 47.5 Å².